The first kappa shape index (κ1) is 53.7. The third kappa shape index (κ3) is 15.0. The largest absolute Gasteiger partial charge is 0.467 e. The van der Waals surface area contributed by atoms with Crippen LogP contribution in [0.2, 0.25) is 0 Å². The molecule has 0 bridgehead atoms. The fourth-order valence-electron chi connectivity index (χ4n) is 8.47. The Morgan fingerprint density at radius 1 is 0.828 bits per heavy atom. The van der Waals surface area contributed by atoms with Gasteiger partial charge in [0.1, 0.15) is 41.4 Å². The summed E-state index contributed by atoms with van der Waals surface area (Å²) in [5.74, 6) is -6.21. The van der Waals surface area contributed by atoms with Crippen molar-refractivity contribution < 1.29 is 52.9 Å². The third-order valence-corrected chi connectivity index (χ3v) is 12.3. The summed E-state index contributed by atoms with van der Waals surface area (Å²) in [4.78, 5) is 98.3. The van der Waals surface area contributed by atoms with Gasteiger partial charge in [0.15, 0.2) is 0 Å². The van der Waals surface area contributed by atoms with E-state index in [9.17, 15) is 38.7 Å². The maximum Gasteiger partial charge on any atom is 0.417 e. The molecule has 2 aliphatic rings. The van der Waals surface area contributed by atoms with Crippen LogP contribution in [-0.2, 0) is 49.6 Å². The number of aliphatic hydroxyl groups is 1. The van der Waals surface area contributed by atoms with Gasteiger partial charge in [-0.3, -0.25) is 24.0 Å². The summed E-state index contributed by atoms with van der Waals surface area (Å²) in [6, 6.07) is 2.80. The minimum absolute atomic E-state index is 0.000603. The average Bonchev–Trinajstić information content (AvgIpc) is 3.79. The van der Waals surface area contributed by atoms with E-state index >= 15 is 0 Å². The number of hydrogen-bond donors (Lipinski definition) is 6. The highest BCUT2D eigenvalue weighted by atomic mass is 16.6. The number of rotatable bonds is 21. The number of carbonyl (C=O) groups excluding carboxylic acids is 7. The molecule has 17 heteroatoms. The maximum absolute atomic E-state index is 14.8. The molecule has 2 saturated carbocycles. The monoisotopic (exact) mass is 901 g/mol. The summed E-state index contributed by atoms with van der Waals surface area (Å²) < 4.78 is 16.2. The normalized spacial score (nSPS) is 18.7. The second kappa shape index (κ2) is 24.6. The van der Waals surface area contributed by atoms with Crippen LogP contribution in [0, 0.1) is 23.7 Å². The minimum atomic E-state index is -2.08. The number of amides is 6. The topological polar surface area (TPSA) is 245 Å². The first-order valence-electron chi connectivity index (χ1n) is 23.0. The van der Waals surface area contributed by atoms with Crippen molar-refractivity contribution in [3.8, 4) is 0 Å². The van der Waals surface area contributed by atoms with Crippen LogP contribution >= 0.6 is 0 Å². The van der Waals surface area contributed by atoms with Crippen molar-refractivity contribution in [2.45, 2.75) is 181 Å². The van der Waals surface area contributed by atoms with E-state index in [1.807, 2.05) is 30.3 Å². The van der Waals surface area contributed by atoms with Gasteiger partial charge in [-0.1, -0.05) is 103 Å². The van der Waals surface area contributed by atoms with Crippen molar-refractivity contribution >= 4 is 41.6 Å². The van der Waals surface area contributed by atoms with E-state index in [0.29, 0.717) is 17.7 Å². The lowest BCUT2D eigenvalue weighted by Gasteiger charge is -2.46. The maximum atomic E-state index is 14.8. The Kier molecular flexibility index (Phi) is 20.7. The van der Waals surface area contributed by atoms with Crippen LogP contribution in [-0.4, -0.2) is 113 Å². The molecule has 2 fully saturated rings. The summed E-state index contributed by atoms with van der Waals surface area (Å²) in [7, 11) is 1.20. The Hall–Kier alpha value is -4.61. The molecule has 64 heavy (non-hydrogen) atoms. The van der Waals surface area contributed by atoms with Crippen LogP contribution in [0.3, 0.4) is 0 Å². The predicted molar refractivity (Wildman–Crippen MR) is 240 cm³/mol. The lowest BCUT2D eigenvalue weighted by Crippen LogP contribution is -2.74. The van der Waals surface area contributed by atoms with Crippen LogP contribution in [0.15, 0.2) is 30.3 Å². The summed E-state index contributed by atoms with van der Waals surface area (Å²) in [5.41, 5.74) is 3.79. The fraction of sp³-hybridized carbons (Fsp3) is 0.723. The third-order valence-electron chi connectivity index (χ3n) is 12.3. The molecule has 1 aromatic rings. The highest BCUT2D eigenvalue weighted by molar-refractivity contribution is 6.01. The Bertz CT molecular complexity index is 1720. The van der Waals surface area contributed by atoms with Crippen molar-refractivity contribution in [2.75, 3.05) is 13.7 Å². The zero-order valence-corrected chi connectivity index (χ0v) is 39.7. The van der Waals surface area contributed by atoms with E-state index in [0.717, 1.165) is 50.5 Å². The van der Waals surface area contributed by atoms with E-state index in [1.54, 1.807) is 48.5 Å². The predicted octanol–water partition coefficient (Wildman–Crippen LogP) is 4.02. The lowest BCUT2D eigenvalue weighted by atomic mass is 9.73. The molecule has 6 amide bonds. The van der Waals surface area contributed by atoms with Crippen LogP contribution in [0.1, 0.15) is 132 Å². The van der Waals surface area contributed by atoms with Crippen molar-refractivity contribution in [3.05, 3.63) is 35.9 Å². The first-order chi connectivity index (χ1) is 30.0. The Labute approximate surface area is 379 Å². The Morgan fingerprint density at radius 3 is 1.97 bits per heavy atom. The number of nitrogens with zero attached hydrogens (tertiary/aromatic N) is 1. The van der Waals surface area contributed by atoms with Gasteiger partial charge in [-0.25, -0.2) is 14.5 Å². The SMILES string of the molecule is COC(=O)C(NC(=O)C(NC(=O)C1CCCC1)(C(C)C)[C@H](O)[C@@H](CC1CCCCC1)NC(=O)[C@H](C)N(C(=O)OC(C)(C)C)C(=O)[C@H](C)NC(=O)[C@@H](N)COCc1ccccc1)C(C)C. The van der Waals surface area contributed by atoms with E-state index in [4.69, 9.17) is 19.9 Å². The van der Waals surface area contributed by atoms with Gasteiger partial charge in [0.2, 0.25) is 23.6 Å². The molecule has 2 aliphatic carbocycles. The fourth-order valence-corrected chi connectivity index (χ4v) is 8.47. The molecular weight excluding hydrogens is 825 g/mol. The minimum Gasteiger partial charge on any atom is -0.467 e. The van der Waals surface area contributed by atoms with Gasteiger partial charge in [0.25, 0.3) is 5.91 Å². The van der Waals surface area contributed by atoms with Crippen molar-refractivity contribution in [1.82, 2.24) is 26.2 Å². The number of carbonyl (C=O) groups is 7. The molecule has 2 unspecified atom stereocenters. The number of esters is 1. The van der Waals surface area contributed by atoms with Crippen LogP contribution < -0.4 is 27.0 Å². The molecule has 17 nitrogen and oxygen atoms in total. The summed E-state index contributed by atoms with van der Waals surface area (Å²) in [5, 5.41) is 23.9. The lowest BCUT2D eigenvalue weighted by molar-refractivity contribution is -0.152. The zero-order valence-electron chi connectivity index (χ0n) is 39.7. The quantitative estimate of drug-likeness (QED) is 0.0959. The van der Waals surface area contributed by atoms with Crippen LogP contribution in [0.25, 0.3) is 0 Å². The van der Waals surface area contributed by atoms with E-state index in [2.05, 4.69) is 21.3 Å². The number of hydrogen-bond acceptors (Lipinski definition) is 12. The highest BCUT2D eigenvalue weighted by Gasteiger charge is 2.54. The molecule has 7 atom stereocenters. The molecule has 0 aliphatic heterocycles. The number of ether oxygens (including phenoxy) is 3. The number of aliphatic hydroxyl groups excluding tert-OH is 1. The van der Waals surface area contributed by atoms with E-state index in [1.165, 1.54) is 21.0 Å². The van der Waals surface area contributed by atoms with Gasteiger partial charge in [-0.2, -0.15) is 0 Å². The Balaban J connectivity index is 2.01. The molecule has 0 saturated heterocycles. The molecule has 0 aromatic heterocycles. The molecule has 3 rings (SSSR count). The number of imide groups is 1. The number of methoxy groups -OCH3 is 1. The van der Waals surface area contributed by atoms with Gasteiger partial charge in [-0.15, -0.1) is 0 Å². The van der Waals surface area contributed by atoms with Crippen molar-refractivity contribution in [1.29, 1.82) is 0 Å². The second-order valence-corrected chi connectivity index (χ2v) is 19.2. The van der Waals surface area contributed by atoms with Gasteiger partial charge in [-0.05, 0) is 77.2 Å². The average molecular weight is 901 g/mol. The number of nitrogens with one attached hydrogen (secondary N) is 4. The van der Waals surface area contributed by atoms with Crippen LogP contribution in [0.5, 0.6) is 0 Å². The molecule has 360 valence electrons. The molecular formula is C47H76N6O11. The second-order valence-electron chi connectivity index (χ2n) is 19.2. The summed E-state index contributed by atoms with van der Waals surface area (Å²) in [6.07, 6.45) is 4.46. The Morgan fingerprint density at radius 2 is 1.42 bits per heavy atom. The zero-order chi connectivity index (χ0) is 47.9. The summed E-state index contributed by atoms with van der Waals surface area (Å²) in [6.45, 7) is 14.2. The highest BCUT2D eigenvalue weighted by Crippen LogP contribution is 2.34. The molecule has 0 spiro atoms. The number of benzene rings is 1. The van der Waals surface area contributed by atoms with E-state index in [-0.39, 0.29) is 25.6 Å². The smallest absolute Gasteiger partial charge is 0.417 e. The summed E-state index contributed by atoms with van der Waals surface area (Å²) >= 11 is 0. The van der Waals surface area contributed by atoms with Gasteiger partial charge in [0.05, 0.1) is 26.4 Å². The van der Waals surface area contributed by atoms with E-state index < -0.39 is 107 Å². The van der Waals surface area contributed by atoms with Gasteiger partial charge >= 0.3 is 12.1 Å². The molecule has 1 aromatic carbocycles. The first-order valence-corrected chi connectivity index (χ1v) is 23.0. The molecule has 0 radical (unpaired) electrons. The van der Waals surface area contributed by atoms with Crippen molar-refractivity contribution in [3.63, 3.8) is 0 Å². The molecule has 7 N–H and O–H groups in total. The molecule has 0 heterocycles. The standard InChI is InChI=1S/C47H76N6O11/c1-28(2)37(43(59)62-10)51-44(60)47(29(3)4,52-40(56)34-23-17-18-24-34)38(54)36(25-32-19-13-11-14-20-32)50-39(55)31(6)53(45(61)64-46(7,8)9)42(58)30(5)49-41(57)35(48)27-63-26-33-21-15-12-16-22-33/h12,15-16,21-22,28-32,34-38,54H,11,13-14,17-20,23-27,48H2,1-10H3,(H,49,57)(H,50,55)(H,51,60)(H,52,56)/t30-,31-,35-,36+,37?,38+,47?/m0/s1. The number of nitrogens with two attached hydrogens (primary N) is 1. The van der Waals surface area contributed by atoms with Gasteiger partial charge < -0.3 is 46.3 Å². The van der Waals surface area contributed by atoms with Crippen LogP contribution in [0.4, 0.5) is 4.79 Å². The van der Waals surface area contributed by atoms with Crippen molar-refractivity contribution in [2.24, 2.45) is 29.4 Å². The van der Waals surface area contributed by atoms with Gasteiger partial charge in [0, 0.05) is 5.92 Å².